The van der Waals surface area contributed by atoms with Gasteiger partial charge < -0.3 is 14.7 Å². The second-order valence-corrected chi connectivity index (χ2v) is 29.3. The van der Waals surface area contributed by atoms with Crippen LogP contribution in [0.3, 0.4) is 0 Å². The summed E-state index contributed by atoms with van der Waals surface area (Å²) < 4.78 is 38.3. The highest BCUT2D eigenvalue weighted by atomic mass is 15.3. The zero-order chi connectivity index (χ0) is 57.4. The Labute approximate surface area is 468 Å². The van der Waals surface area contributed by atoms with Crippen molar-refractivity contribution in [1.29, 1.82) is 0 Å². The first kappa shape index (κ1) is 44.9. The predicted molar refractivity (Wildman–Crippen MR) is 330 cm³/mol. The van der Waals surface area contributed by atoms with Crippen LogP contribution in [0.5, 0.6) is 0 Å². The van der Waals surface area contributed by atoms with Gasteiger partial charge in [-0.15, -0.1) is 0 Å². The van der Waals surface area contributed by atoms with Gasteiger partial charge in [0, 0.05) is 55.9 Å². The lowest BCUT2D eigenvalue weighted by molar-refractivity contribution is 0.194. The van der Waals surface area contributed by atoms with Crippen LogP contribution < -0.4 is 31.1 Å². The average molecular weight is 1020 g/mol. The van der Waals surface area contributed by atoms with Crippen LogP contribution in [0.2, 0.25) is 0 Å². The van der Waals surface area contributed by atoms with Gasteiger partial charge in [0.15, 0.2) is 0 Å². The lowest BCUT2D eigenvalue weighted by Gasteiger charge is -2.54. The number of anilines is 7. The van der Waals surface area contributed by atoms with Crippen molar-refractivity contribution in [2.75, 3.05) is 14.7 Å². The summed E-state index contributed by atoms with van der Waals surface area (Å²) in [5, 5.41) is 0. The van der Waals surface area contributed by atoms with Gasteiger partial charge in [-0.25, -0.2) is 0 Å². The topological polar surface area (TPSA) is 9.72 Å². The van der Waals surface area contributed by atoms with Crippen molar-refractivity contribution in [1.82, 2.24) is 0 Å². The molecule has 2 fully saturated rings. The first-order chi connectivity index (χ1) is 38.0. The minimum atomic E-state index is -0.545. The summed E-state index contributed by atoms with van der Waals surface area (Å²) in [5.74, 6) is 0. The van der Waals surface area contributed by atoms with Crippen LogP contribution in [0.4, 0.5) is 39.8 Å². The van der Waals surface area contributed by atoms with Gasteiger partial charge in [-0.2, -0.15) is 0 Å². The van der Waals surface area contributed by atoms with Crippen molar-refractivity contribution in [2.45, 2.75) is 199 Å². The Morgan fingerprint density at radius 1 is 0.468 bits per heavy atom. The van der Waals surface area contributed by atoms with Crippen LogP contribution in [0.1, 0.15) is 200 Å². The van der Waals surface area contributed by atoms with E-state index in [1.807, 2.05) is 0 Å². The highest BCUT2D eigenvalue weighted by Gasteiger charge is 2.63. The molecule has 0 bridgehead atoms. The molecule has 0 N–H and O–H groups in total. The fourth-order valence-corrected chi connectivity index (χ4v) is 16.9. The third kappa shape index (κ3) is 6.34. The molecule has 0 radical (unpaired) electrons. The molecule has 77 heavy (non-hydrogen) atoms. The maximum atomic E-state index is 10.00. The normalized spacial score (nSPS) is 25.9. The van der Waals surface area contributed by atoms with E-state index in [2.05, 4.69) is 222 Å². The van der Waals surface area contributed by atoms with E-state index in [1.165, 1.54) is 95.5 Å². The number of nitrogens with zero attached hydrogens (tertiary/aromatic N) is 3. The molecule has 7 aliphatic rings. The second-order valence-electron chi connectivity index (χ2n) is 29.3. The van der Waals surface area contributed by atoms with E-state index in [-0.39, 0.29) is 63.5 Å². The van der Waals surface area contributed by atoms with Crippen molar-refractivity contribution in [3.05, 3.63) is 166 Å². The van der Waals surface area contributed by atoms with E-state index in [1.54, 1.807) is 0 Å². The number of hydrogen-bond acceptors (Lipinski definition) is 3. The van der Waals surface area contributed by atoms with E-state index < -0.39 is 11.0 Å². The summed E-state index contributed by atoms with van der Waals surface area (Å²) in [6, 6.07) is 40.7. The first-order valence-corrected chi connectivity index (χ1v) is 29.4. The minimum Gasteiger partial charge on any atom is -0.335 e. The van der Waals surface area contributed by atoms with Gasteiger partial charge in [0.25, 0.3) is 6.71 Å². The van der Waals surface area contributed by atoms with E-state index in [4.69, 9.17) is 0 Å². The Morgan fingerprint density at radius 2 is 1.05 bits per heavy atom. The van der Waals surface area contributed by atoms with E-state index in [9.17, 15) is 5.48 Å². The summed E-state index contributed by atoms with van der Waals surface area (Å²) in [4.78, 5) is 7.98. The molecular weight excluding hydrogens is 930 g/mol. The summed E-state index contributed by atoms with van der Waals surface area (Å²) in [6.45, 7) is 35.9. The third-order valence-electron chi connectivity index (χ3n) is 21.7. The maximum Gasteiger partial charge on any atom is 0.252 e. The summed E-state index contributed by atoms with van der Waals surface area (Å²) in [5.41, 5.74) is 23.8. The van der Waals surface area contributed by atoms with Gasteiger partial charge in [-0.1, -0.05) is 207 Å². The molecule has 4 aliphatic heterocycles. The molecule has 392 valence electrons. The largest absolute Gasteiger partial charge is 0.335 e. The molecular formula is C73H82BN3. The Hall–Kier alpha value is -6.00. The SMILES string of the molecule is [2H]c1c([2H])c([2H])c2c(c1[2H])N(c1cc3c4c(c1)N1c5c(cc(C(C)(C)C)cc5C5(C)CCCCC15C)B4c1c(ccc4c1C(C)(C)c1ccc(C(C)(C)C)cc1-4)N3c1ccc(C(C)(C)C)cc1-c1ccccc1)C1(C)CCCCC21C. The molecule has 4 atom stereocenters. The number of fused-ring (bicyclic) bond motifs is 14. The standard InChI is InChI=1S/C73H82BN3/c1-66(2,3)46-29-32-53-52(40-46)50-31-34-59-64(62(50)69(53,10)11)74-56-42-48(68(7,8)9)41-55-65(56)77(73(15)38-24-22-36-71(55,73)13)61-44-49(76-58-28-20-19-27-54(58)70(12)35-21-23-37-72(70,76)14)43-60(63(61)74)75(59)57-33-30-47(67(4,5)6)39-51(57)45-25-17-16-18-26-45/h16-20,25-34,39-44H,21-24,35-38H2,1-15H3/i19D,20D,27D,28D. The first-order valence-electron chi connectivity index (χ1n) is 31.4. The quantitative estimate of drug-likeness (QED) is 0.163. The molecule has 0 aromatic heterocycles. The Balaban J connectivity index is 1.18. The van der Waals surface area contributed by atoms with Gasteiger partial charge in [0.05, 0.1) is 22.2 Å². The van der Waals surface area contributed by atoms with E-state index in [0.29, 0.717) is 5.69 Å². The zero-order valence-electron chi connectivity index (χ0n) is 52.9. The van der Waals surface area contributed by atoms with Crippen molar-refractivity contribution in [3.63, 3.8) is 0 Å². The average Bonchev–Trinajstić information content (AvgIpc) is 2.31. The molecule has 3 nitrogen and oxygen atoms in total. The minimum absolute atomic E-state index is 0.0218. The van der Waals surface area contributed by atoms with Crippen LogP contribution in [0.25, 0.3) is 22.3 Å². The summed E-state index contributed by atoms with van der Waals surface area (Å²) in [6.07, 6.45) is 8.26. The molecule has 0 amide bonds. The van der Waals surface area contributed by atoms with Crippen LogP contribution in [-0.4, -0.2) is 17.8 Å². The lowest BCUT2D eigenvalue weighted by Crippen LogP contribution is -2.65. The number of para-hydroxylation sites is 1. The van der Waals surface area contributed by atoms with Crippen molar-refractivity contribution in [2.24, 2.45) is 0 Å². The molecule has 2 saturated carbocycles. The molecule has 4 unspecified atom stereocenters. The van der Waals surface area contributed by atoms with Crippen LogP contribution >= 0.6 is 0 Å². The molecule has 4 heterocycles. The van der Waals surface area contributed by atoms with Crippen molar-refractivity contribution >= 4 is 62.9 Å². The molecule has 0 spiro atoms. The van der Waals surface area contributed by atoms with Crippen molar-refractivity contribution < 1.29 is 5.48 Å². The van der Waals surface area contributed by atoms with Gasteiger partial charge in [-0.3, -0.25) is 0 Å². The van der Waals surface area contributed by atoms with Crippen LogP contribution in [0.15, 0.2) is 127 Å². The summed E-state index contributed by atoms with van der Waals surface area (Å²) in [7, 11) is 0. The highest BCUT2D eigenvalue weighted by molar-refractivity contribution is 7.00. The highest BCUT2D eigenvalue weighted by Crippen LogP contribution is 2.66. The fourth-order valence-electron chi connectivity index (χ4n) is 16.9. The molecule has 7 aromatic rings. The van der Waals surface area contributed by atoms with Crippen LogP contribution in [-0.2, 0) is 32.5 Å². The Kier molecular flexibility index (Phi) is 9.12. The Morgan fingerprint density at radius 3 is 1.73 bits per heavy atom. The third-order valence-corrected chi connectivity index (χ3v) is 21.7. The predicted octanol–water partition coefficient (Wildman–Crippen LogP) is 17.6. The van der Waals surface area contributed by atoms with Gasteiger partial charge >= 0.3 is 0 Å². The van der Waals surface area contributed by atoms with Crippen molar-refractivity contribution in [3.8, 4) is 22.3 Å². The molecule has 0 saturated heterocycles. The number of hydrogen-bond donors (Lipinski definition) is 0. The van der Waals surface area contributed by atoms with E-state index >= 15 is 0 Å². The summed E-state index contributed by atoms with van der Waals surface area (Å²) >= 11 is 0. The fraction of sp³-hybridized carbons (Fsp3) is 0.425. The Bertz CT molecular complexity index is 3910. The smallest absolute Gasteiger partial charge is 0.252 e. The van der Waals surface area contributed by atoms with Gasteiger partial charge in [0.1, 0.15) is 0 Å². The van der Waals surface area contributed by atoms with Crippen LogP contribution in [0, 0.1) is 0 Å². The van der Waals surface area contributed by atoms with Gasteiger partial charge in [-0.05, 0) is 164 Å². The monoisotopic (exact) mass is 1020 g/mol. The number of benzene rings is 7. The molecule has 14 rings (SSSR count). The second kappa shape index (κ2) is 15.6. The van der Waals surface area contributed by atoms with Gasteiger partial charge in [0.2, 0.25) is 0 Å². The van der Waals surface area contributed by atoms with E-state index in [0.717, 1.165) is 67.6 Å². The molecule has 3 aliphatic carbocycles. The zero-order valence-corrected chi connectivity index (χ0v) is 48.9. The lowest BCUT2D eigenvalue weighted by atomic mass is 9.32. The molecule has 4 heteroatoms. The maximum absolute atomic E-state index is 10.00. The number of rotatable bonds is 3. The molecule has 7 aromatic carbocycles.